The lowest BCUT2D eigenvalue weighted by Crippen LogP contribution is -2.40. The van der Waals surface area contributed by atoms with E-state index in [1.165, 1.54) is 0 Å². The third-order valence-electron chi connectivity index (χ3n) is 4.16. The highest BCUT2D eigenvalue weighted by atomic mass is 32.2. The molecule has 1 amide bonds. The first-order valence-corrected chi connectivity index (χ1v) is 9.75. The molecule has 0 aliphatic carbocycles. The van der Waals surface area contributed by atoms with Crippen molar-refractivity contribution in [3.05, 3.63) is 46.8 Å². The van der Waals surface area contributed by atoms with Crippen molar-refractivity contribution >= 4 is 17.7 Å². The average Bonchev–Trinajstić information content (AvgIpc) is 2.88. The van der Waals surface area contributed by atoms with E-state index in [4.69, 9.17) is 4.52 Å². The summed E-state index contributed by atoms with van der Waals surface area (Å²) in [7, 11) is 4.09. The summed E-state index contributed by atoms with van der Waals surface area (Å²) in [5.74, 6) is 1.54. The molecule has 1 heterocycles. The lowest BCUT2D eigenvalue weighted by atomic mass is 9.93. The van der Waals surface area contributed by atoms with Gasteiger partial charge >= 0.3 is 0 Å². The van der Waals surface area contributed by atoms with E-state index in [0.717, 1.165) is 34.2 Å². The number of carbonyl (C=O) groups is 1. The van der Waals surface area contributed by atoms with E-state index in [2.05, 4.69) is 29.2 Å². The van der Waals surface area contributed by atoms with Gasteiger partial charge in [0.1, 0.15) is 5.76 Å². The highest BCUT2D eigenvalue weighted by Gasteiger charge is 2.21. The Morgan fingerprint density at radius 2 is 1.96 bits per heavy atom. The van der Waals surface area contributed by atoms with Crippen LogP contribution in [-0.2, 0) is 5.75 Å². The summed E-state index contributed by atoms with van der Waals surface area (Å²) in [5, 5.41) is 7.09. The summed E-state index contributed by atoms with van der Waals surface area (Å²) in [6.07, 6.45) is 0. The maximum absolute atomic E-state index is 12.7. The van der Waals surface area contributed by atoms with Gasteiger partial charge in [-0.05, 0) is 45.5 Å². The zero-order chi connectivity index (χ0) is 19.3. The van der Waals surface area contributed by atoms with E-state index in [1.54, 1.807) is 11.8 Å². The lowest BCUT2D eigenvalue weighted by Gasteiger charge is -2.28. The van der Waals surface area contributed by atoms with Crippen LogP contribution in [0.5, 0.6) is 0 Å². The lowest BCUT2D eigenvalue weighted by molar-refractivity contribution is 0.0926. The molecule has 0 spiro atoms. The van der Waals surface area contributed by atoms with Crippen LogP contribution in [0.15, 0.2) is 33.7 Å². The average molecular weight is 376 g/mol. The minimum absolute atomic E-state index is 0.0118. The molecular weight excluding hydrogens is 346 g/mol. The van der Waals surface area contributed by atoms with E-state index < -0.39 is 0 Å². The summed E-state index contributed by atoms with van der Waals surface area (Å²) in [6.45, 7) is 9.72. The molecular formula is C20H29N3O2S. The molecule has 0 aliphatic heterocycles. The van der Waals surface area contributed by atoms with Crippen molar-refractivity contribution in [3.63, 3.8) is 0 Å². The molecule has 0 bridgehead atoms. The maximum Gasteiger partial charge on any atom is 0.252 e. The van der Waals surface area contributed by atoms with Crippen LogP contribution < -0.4 is 5.32 Å². The normalized spacial score (nSPS) is 11.8. The van der Waals surface area contributed by atoms with Gasteiger partial charge in [0.2, 0.25) is 0 Å². The molecule has 0 fully saturated rings. The van der Waals surface area contributed by atoms with Crippen LogP contribution in [-0.4, -0.2) is 43.1 Å². The standard InChI is InChI=1S/C20H29N3O2S/c1-14-17(15(2)25-22-14)11-26-18-10-8-7-9-16(18)19(24)21-12-20(3,4)13-23(5)6/h7-10H,11-13H2,1-6H3,(H,21,24). The molecule has 1 N–H and O–H groups in total. The molecule has 0 radical (unpaired) electrons. The van der Waals surface area contributed by atoms with Gasteiger partial charge in [-0.25, -0.2) is 0 Å². The molecule has 0 saturated heterocycles. The van der Waals surface area contributed by atoms with Crippen LogP contribution in [0, 0.1) is 19.3 Å². The number of aromatic nitrogens is 1. The van der Waals surface area contributed by atoms with Crippen LogP contribution in [0.25, 0.3) is 0 Å². The van der Waals surface area contributed by atoms with Crippen LogP contribution in [0.2, 0.25) is 0 Å². The van der Waals surface area contributed by atoms with Crippen molar-refractivity contribution in [2.45, 2.75) is 38.3 Å². The zero-order valence-electron chi connectivity index (χ0n) is 16.5. The zero-order valence-corrected chi connectivity index (χ0v) is 17.4. The van der Waals surface area contributed by atoms with Gasteiger partial charge in [0.25, 0.3) is 5.91 Å². The highest BCUT2D eigenvalue weighted by Crippen LogP contribution is 2.29. The number of aryl methyl sites for hydroxylation is 2. The smallest absolute Gasteiger partial charge is 0.252 e. The van der Waals surface area contributed by atoms with Gasteiger partial charge in [-0.3, -0.25) is 4.79 Å². The first kappa shape index (κ1) is 20.5. The Morgan fingerprint density at radius 1 is 1.27 bits per heavy atom. The number of amides is 1. The molecule has 0 atom stereocenters. The molecule has 1 aromatic heterocycles. The van der Waals surface area contributed by atoms with E-state index >= 15 is 0 Å². The summed E-state index contributed by atoms with van der Waals surface area (Å²) in [6, 6.07) is 7.73. The van der Waals surface area contributed by atoms with Gasteiger partial charge < -0.3 is 14.7 Å². The first-order chi connectivity index (χ1) is 12.2. The molecule has 2 aromatic rings. The molecule has 142 valence electrons. The fraction of sp³-hybridized carbons (Fsp3) is 0.500. The second kappa shape index (κ2) is 8.73. The van der Waals surface area contributed by atoms with Crippen molar-refractivity contribution in [3.8, 4) is 0 Å². The predicted octanol–water partition coefficient (Wildman–Crippen LogP) is 3.90. The fourth-order valence-corrected chi connectivity index (χ4v) is 4.17. The Balaban J connectivity index is 2.04. The number of nitrogens with zero attached hydrogens (tertiary/aromatic N) is 2. The monoisotopic (exact) mass is 375 g/mol. The Hall–Kier alpha value is -1.79. The molecule has 6 heteroatoms. The molecule has 26 heavy (non-hydrogen) atoms. The van der Waals surface area contributed by atoms with Gasteiger partial charge in [-0.2, -0.15) is 0 Å². The molecule has 5 nitrogen and oxygen atoms in total. The number of hydrogen-bond donors (Lipinski definition) is 1. The van der Waals surface area contributed by atoms with E-state index in [1.807, 2.05) is 52.2 Å². The van der Waals surface area contributed by atoms with E-state index in [9.17, 15) is 4.79 Å². The van der Waals surface area contributed by atoms with Gasteiger partial charge in [0.15, 0.2) is 0 Å². The molecule has 0 saturated carbocycles. The van der Waals surface area contributed by atoms with Crippen molar-refractivity contribution in [1.82, 2.24) is 15.4 Å². The second-order valence-electron chi connectivity index (χ2n) is 7.67. The van der Waals surface area contributed by atoms with Gasteiger partial charge in [0.05, 0.1) is 11.3 Å². The topological polar surface area (TPSA) is 58.4 Å². The van der Waals surface area contributed by atoms with Crippen LogP contribution in [0.4, 0.5) is 0 Å². The van der Waals surface area contributed by atoms with Gasteiger partial charge in [0, 0.05) is 29.3 Å². The quantitative estimate of drug-likeness (QED) is 0.709. The Kier molecular flexibility index (Phi) is 6.89. The van der Waals surface area contributed by atoms with Gasteiger partial charge in [-0.15, -0.1) is 11.8 Å². The highest BCUT2D eigenvalue weighted by molar-refractivity contribution is 7.98. The summed E-state index contributed by atoms with van der Waals surface area (Å²) < 4.78 is 5.22. The number of benzene rings is 1. The first-order valence-electron chi connectivity index (χ1n) is 8.76. The summed E-state index contributed by atoms with van der Waals surface area (Å²) >= 11 is 1.64. The number of hydrogen-bond acceptors (Lipinski definition) is 5. The van der Waals surface area contributed by atoms with Crippen molar-refractivity contribution < 1.29 is 9.32 Å². The minimum atomic E-state index is -0.0290. The Labute approximate surface area is 160 Å². The number of rotatable bonds is 8. The van der Waals surface area contributed by atoms with Crippen LogP contribution in [0.1, 0.15) is 41.2 Å². The molecule has 2 rings (SSSR count). The van der Waals surface area contributed by atoms with Crippen molar-refractivity contribution in [1.29, 1.82) is 0 Å². The minimum Gasteiger partial charge on any atom is -0.361 e. The second-order valence-corrected chi connectivity index (χ2v) is 8.69. The SMILES string of the molecule is Cc1noc(C)c1CSc1ccccc1C(=O)NCC(C)(C)CN(C)C. The van der Waals surface area contributed by atoms with E-state index in [-0.39, 0.29) is 11.3 Å². The van der Waals surface area contributed by atoms with Crippen LogP contribution >= 0.6 is 11.8 Å². The number of nitrogens with one attached hydrogen (secondary N) is 1. The number of thioether (sulfide) groups is 1. The van der Waals surface area contributed by atoms with Crippen molar-refractivity contribution in [2.24, 2.45) is 5.41 Å². The predicted molar refractivity (Wildman–Crippen MR) is 107 cm³/mol. The van der Waals surface area contributed by atoms with Crippen molar-refractivity contribution in [2.75, 3.05) is 27.2 Å². The van der Waals surface area contributed by atoms with Crippen LogP contribution in [0.3, 0.4) is 0 Å². The summed E-state index contributed by atoms with van der Waals surface area (Å²) in [5.41, 5.74) is 2.72. The largest absolute Gasteiger partial charge is 0.361 e. The fourth-order valence-electron chi connectivity index (χ4n) is 2.96. The third kappa shape index (κ3) is 5.61. The molecule has 1 aromatic carbocycles. The number of carbonyl (C=O) groups excluding carboxylic acids is 1. The van der Waals surface area contributed by atoms with E-state index in [0.29, 0.717) is 12.1 Å². The molecule has 0 unspecified atom stereocenters. The van der Waals surface area contributed by atoms with Gasteiger partial charge in [-0.1, -0.05) is 31.1 Å². The summed E-state index contributed by atoms with van der Waals surface area (Å²) in [4.78, 5) is 15.8. The maximum atomic E-state index is 12.7. The molecule has 0 aliphatic rings. The Morgan fingerprint density at radius 3 is 2.58 bits per heavy atom. The third-order valence-corrected chi connectivity index (χ3v) is 5.26. The Bertz CT molecular complexity index is 734.